The van der Waals surface area contributed by atoms with E-state index in [-0.39, 0.29) is 5.56 Å². The first kappa shape index (κ1) is 16.7. The van der Waals surface area contributed by atoms with Crippen LogP contribution in [0.15, 0.2) is 60.8 Å². The Bertz CT molecular complexity index is 1190. The highest BCUT2D eigenvalue weighted by atomic mass is 16.5. The predicted molar refractivity (Wildman–Crippen MR) is 105 cm³/mol. The van der Waals surface area contributed by atoms with Gasteiger partial charge in [-0.3, -0.25) is 9.78 Å². The highest BCUT2D eigenvalue weighted by Crippen LogP contribution is 2.37. The van der Waals surface area contributed by atoms with Gasteiger partial charge in [0.25, 0.3) is 5.91 Å². The summed E-state index contributed by atoms with van der Waals surface area (Å²) in [4.78, 5) is 16.1. The summed E-state index contributed by atoms with van der Waals surface area (Å²) in [5.41, 5.74) is 13.1. The molecular formula is C21H17N3O3. The molecule has 0 radical (unpaired) electrons. The average molecular weight is 359 g/mol. The van der Waals surface area contributed by atoms with Crippen LogP contribution in [0.1, 0.15) is 10.4 Å². The summed E-state index contributed by atoms with van der Waals surface area (Å²) in [5.74, 6) is 1.00. The maximum Gasteiger partial charge on any atom is 0.252 e. The van der Waals surface area contributed by atoms with Gasteiger partial charge in [0.15, 0.2) is 0 Å². The summed E-state index contributed by atoms with van der Waals surface area (Å²) >= 11 is 0. The number of benzene rings is 3. The van der Waals surface area contributed by atoms with E-state index in [4.69, 9.17) is 20.9 Å². The summed E-state index contributed by atoms with van der Waals surface area (Å²) in [6.07, 6.45) is 1.64. The van der Waals surface area contributed by atoms with Gasteiger partial charge in [-0.25, -0.2) is 0 Å². The zero-order valence-electron chi connectivity index (χ0n) is 14.6. The normalized spacial score (nSPS) is 10.9. The average Bonchev–Trinajstić information content (AvgIpc) is 2.69. The molecule has 1 amide bonds. The minimum absolute atomic E-state index is 0.269. The molecule has 1 aromatic heterocycles. The Kier molecular flexibility index (Phi) is 4.01. The van der Waals surface area contributed by atoms with Gasteiger partial charge in [-0.15, -0.1) is 0 Å². The molecule has 0 aliphatic carbocycles. The molecule has 4 aromatic rings. The lowest BCUT2D eigenvalue weighted by molar-refractivity contribution is 0.0997. The van der Waals surface area contributed by atoms with Crippen LogP contribution in [0.4, 0.5) is 5.69 Å². The minimum Gasteiger partial charge on any atom is -0.496 e. The Morgan fingerprint density at radius 1 is 0.926 bits per heavy atom. The van der Waals surface area contributed by atoms with Gasteiger partial charge in [0, 0.05) is 34.1 Å². The molecule has 27 heavy (non-hydrogen) atoms. The second kappa shape index (κ2) is 6.49. The second-order valence-electron chi connectivity index (χ2n) is 6.04. The Morgan fingerprint density at radius 3 is 2.41 bits per heavy atom. The number of anilines is 1. The smallest absolute Gasteiger partial charge is 0.252 e. The van der Waals surface area contributed by atoms with Gasteiger partial charge in [0.05, 0.1) is 18.2 Å². The highest BCUT2D eigenvalue weighted by molar-refractivity contribution is 6.02. The summed E-state index contributed by atoms with van der Waals surface area (Å²) in [5, 5.41) is 2.46. The number of rotatable bonds is 4. The molecule has 0 aliphatic rings. The van der Waals surface area contributed by atoms with E-state index in [0.29, 0.717) is 33.8 Å². The van der Waals surface area contributed by atoms with E-state index in [9.17, 15) is 4.79 Å². The lowest BCUT2D eigenvalue weighted by atomic mass is 10.1. The van der Waals surface area contributed by atoms with Gasteiger partial charge in [-0.05, 0) is 24.3 Å². The van der Waals surface area contributed by atoms with Crippen LogP contribution < -0.4 is 20.9 Å². The number of carbonyl (C=O) groups is 1. The number of ether oxygens (including phenoxy) is 2. The Labute approximate surface area is 155 Å². The number of primary amides is 1. The first-order chi connectivity index (χ1) is 13.1. The van der Waals surface area contributed by atoms with Crippen molar-refractivity contribution in [2.24, 2.45) is 5.73 Å². The van der Waals surface area contributed by atoms with Crippen molar-refractivity contribution in [3.05, 3.63) is 66.4 Å². The number of methoxy groups -OCH3 is 1. The molecule has 4 N–H and O–H groups in total. The van der Waals surface area contributed by atoms with Gasteiger partial charge < -0.3 is 20.9 Å². The first-order valence-corrected chi connectivity index (χ1v) is 8.30. The molecule has 0 unspecified atom stereocenters. The van der Waals surface area contributed by atoms with Crippen molar-refractivity contribution in [2.45, 2.75) is 0 Å². The van der Waals surface area contributed by atoms with Gasteiger partial charge in [-0.1, -0.05) is 24.3 Å². The molecule has 4 rings (SSSR count). The quantitative estimate of drug-likeness (QED) is 0.539. The molecule has 0 bridgehead atoms. The fourth-order valence-electron chi connectivity index (χ4n) is 3.10. The lowest BCUT2D eigenvalue weighted by Crippen LogP contribution is -2.12. The van der Waals surface area contributed by atoms with Crippen molar-refractivity contribution in [1.29, 1.82) is 0 Å². The number of hydrogen-bond acceptors (Lipinski definition) is 5. The first-order valence-electron chi connectivity index (χ1n) is 8.30. The molecule has 0 atom stereocenters. The molecule has 0 aliphatic heterocycles. The van der Waals surface area contributed by atoms with E-state index in [1.807, 2.05) is 30.3 Å². The number of hydrogen-bond donors (Lipinski definition) is 2. The van der Waals surface area contributed by atoms with Crippen LogP contribution in [0.5, 0.6) is 17.2 Å². The van der Waals surface area contributed by atoms with Crippen molar-refractivity contribution in [1.82, 2.24) is 4.98 Å². The van der Waals surface area contributed by atoms with E-state index < -0.39 is 5.91 Å². The number of fused-ring (bicyclic) bond motifs is 2. The van der Waals surface area contributed by atoms with Crippen LogP contribution in [0.3, 0.4) is 0 Å². The molecule has 1 heterocycles. The lowest BCUT2D eigenvalue weighted by Gasteiger charge is -2.13. The van der Waals surface area contributed by atoms with E-state index >= 15 is 0 Å². The van der Waals surface area contributed by atoms with Crippen molar-refractivity contribution < 1.29 is 14.3 Å². The monoisotopic (exact) mass is 359 g/mol. The third kappa shape index (κ3) is 2.87. The molecule has 6 nitrogen and oxygen atoms in total. The number of pyridine rings is 1. The zero-order valence-corrected chi connectivity index (χ0v) is 14.6. The van der Waals surface area contributed by atoms with Crippen molar-refractivity contribution in [3.63, 3.8) is 0 Å². The second-order valence-corrected chi connectivity index (χ2v) is 6.04. The SMILES string of the molecule is COc1cc2nccc(Oc3ccc(N)c4ccccc34)c2cc1C(N)=O. The summed E-state index contributed by atoms with van der Waals surface area (Å²) in [6.45, 7) is 0. The van der Waals surface area contributed by atoms with Crippen molar-refractivity contribution >= 4 is 33.3 Å². The number of nitrogens with two attached hydrogens (primary N) is 2. The van der Waals surface area contributed by atoms with Crippen LogP contribution in [0.2, 0.25) is 0 Å². The van der Waals surface area contributed by atoms with E-state index in [1.54, 1.807) is 30.5 Å². The molecule has 0 saturated carbocycles. The number of nitrogens with zero attached hydrogens (tertiary/aromatic N) is 1. The Balaban J connectivity index is 1.89. The number of carbonyl (C=O) groups excluding carboxylic acids is 1. The molecule has 0 fully saturated rings. The molecule has 134 valence electrons. The van der Waals surface area contributed by atoms with Crippen LogP contribution in [-0.2, 0) is 0 Å². The molecule has 0 spiro atoms. The molecule has 6 heteroatoms. The van der Waals surface area contributed by atoms with Gasteiger partial charge in [-0.2, -0.15) is 0 Å². The maximum absolute atomic E-state index is 11.8. The molecule has 3 aromatic carbocycles. The van der Waals surface area contributed by atoms with E-state index in [0.717, 1.165) is 10.8 Å². The number of aromatic nitrogens is 1. The van der Waals surface area contributed by atoms with E-state index in [2.05, 4.69) is 4.98 Å². The Morgan fingerprint density at radius 2 is 1.67 bits per heavy atom. The van der Waals surface area contributed by atoms with Crippen LogP contribution >= 0.6 is 0 Å². The Hall–Kier alpha value is -3.80. The maximum atomic E-state index is 11.8. The summed E-state index contributed by atoms with van der Waals surface area (Å²) in [6, 6.07) is 16.4. The number of amides is 1. The summed E-state index contributed by atoms with van der Waals surface area (Å²) < 4.78 is 11.4. The largest absolute Gasteiger partial charge is 0.496 e. The van der Waals surface area contributed by atoms with Gasteiger partial charge in [0.1, 0.15) is 17.2 Å². The summed E-state index contributed by atoms with van der Waals surface area (Å²) in [7, 11) is 1.48. The fourth-order valence-corrected chi connectivity index (χ4v) is 3.10. The molecular weight excluding hydrogens is 342 g/mol. The van der Waals surface area contributed by atoms with Crippen molar-refractivity contribution in [3.8, 4) is 17.2 Å². The third-order valence-electron chi connectivity index (χ3n) is 4.43. The van der Waals surface area contributed by atoms with Crippen molar-refractivity contribution in [2.75, 3.05) is 12.8 Å². The standard InChI is InChI=1S/C21H17N3O3/c1-26-20-11-17-14(10-15(20)21(23)25)19(8-9-24-17)27-18-7-6-16(22)12-4-2-3-5-13(12)18/h2-11H,22H2,1H3,(H2,23,25). The van der Waals surface area contributed by atoms with Gasteiger partial charge >= 0.3 is 0 Å². The topological polar surface area (TPSA) is 100 Å². The predicted octanol–water partition coefficient (Wildman–Crippen LogP) is 3.87. The fraction of sp³-hybridized carbons (Fsp3) is 0.0476. The van der Waals surface area contributed by atoms with Crippen LogP contribution in [0.25, 0.3) is 21.7 Å². The van der Waals surface area contributed by atoms with Gasteiger partial charge in [0.2, 0.25) is 0 Å². The highest BCUT2D eigenvalue weighted by Gasteiger charge is 2.15. The van der Waals surface area contributed by atoms with Crippen LogP contribution in [-0.4, -0.2) is 18.0 Å². The van der Waals surface area contributed by atoms with E-state index in [1.165, 1.54) is 7.11 Å². The number of nitrogen functional groups attached to an aromatic ring is 1. The van der Waals surface area contributed by atoms with Crippen LogP contribution in [0, 0.1) is 0 Å². The third-order valence-corrected chi connectivity index (χ3v) is 4.43. The molecule has 0 saturated heterocycles. The zero-order chi connectivity index (χ0) is 19.0. The minimum atomic E-state index is -0.582.